The van der Waals surface area contributed by atoms with E-state index >= 15 is 0 Å². The molecule has 0 radical (unpaired) electrons. The van der Waals surface area contributed by atoms with Gasteiger partial charge in [-0.2, -0.15) is 5.10 Å². The van der Waals surface area contributed by atoms with E-state index in [0.29, 0.717) is 5.92 Å². The van der Waals surface area contributed by atoms with E-state index in [-0.39, 0.29) is 6.10 Å². The summed E-state index contributed by atoms with van der Waals surface area (Å²) in [6, 6.07) is 5.98. The zero-order valence-corrected chi connectivity index (χ0v) is 14.0. The lowest BCUT2D eigenvalue weighted by Crippen LogP contribution is -2.37. The lowest BCUT2D eigenvalue weighted by Gasteiger charge is -2.34. The van der Waals surface area contributed by atoms with Crippen molar-refractivity contribution in [1.29, 1.82) is 0 Å². The molecule has 1 N–H and O–H groups in total. The first-order valence-electron chi connectivity index (χ1n) is 8.45. The first-order valence-corrected chi connectivity index (χ1v) is 8.45. The van der Waals surface area contributed by atoms with Crippen LogP contribution in [0.15, 0.2) is 30.6 Å². The summed E-state index contributed by atoms with van der Waals surface area (Å²) in [5.74, 6) is 0.337. The van der Waals surface area contributed by atoms with E-state index in [9.17, 15) is 5.11 Å². The number of hydrogen-bond donors (Lipinski definition) is 1. The number of likely N-dealkylation sites (tertiary alicyclic amines) is 1. The molecule has 0 amide bonds. The van der Waals surface area contributed by atoms with Crippen molar-refractivity contribution in [1.82, 2.24) is 19.7 Å². The number of aliphatic hydroxyl groups excluding tert-OH is 1. The molecule has 2 aromatic rings. The Balaban J connectivity index is 1.48. The van der Waals surface area contributed by atoms with E-state index in [1.54, 1.807) is 12.4 Å². The second-order valence-electron chi connectivity index (χ2n) is 6.56. The van der Waals surface area contributed by atoms with Crippen LogP contribution < -0.4 is 0 Å². The Bertz CT molecular complexity index is 617. The van der Waals surface area contributed by atoms with Crippen LogP contribution in [-0.2, 0) is 6.54 Å². The van der Waals surface area contributed by atoms with Gasteiger partial charge in [-0.15, -0.1) is 0 Å². The smallest absolute Gasteiger partial charge is 0.0833 e. The number of nitrogens with zero attached hydrogens (tertiary/aromatic N) is 4. The maximum Gasteiger partial charge on any atom is 0.0833 e. The summed E-state index contributed by atoms with van der Waals surface area (Å²) in [6.07, 6.45) is 5.21. The molecule has 5 heteroatoms. The van der Waals surface area contributed by atoms with Gasteiger partial charge >= 0.3 is 0 Å². The monoisotopic (exact) mass is 314 g/mol. The molecule has 3 heterocycles. The van der Waals surface area contributed by atoms with E-state index in [2.05, 4.69) is 32.7 Å². The molecule has 0 aromatic carbocycles. The molecular weight excluding hydrogens is 288 g/mol. The molecule has 124 valence electrons. The third-order valence-electron chi connectivity index (χ3n) is 4.84. The highest BCUT2D eigenvalue weighted by molar-refractivity contribution is 5.13. The summed E-state index contributed by atoms with van der Waals surface area (Å²) in [6.45, 7) is 8.20. The lowest BCUT2D eigenvalue weighted by atomic mass is 9.88. The summed E-state index contributed by atoms with van der Waals surface area (Å²) in [4.78, 5) is 6.58. The summed E-state index contributed by atoms with van der Waals surface area (Å²) in [7, 11) is 0. The summed E-state index contributed by atoms with van der Waals surface area (Å²) in [5, 5.41) is 15.0. The quantitative estimate of drug-likeness (QED) is 0.920. The molecular formula is C18H26N4O. The van der Waals surface area contributed by atoms with Gasteiger partial charge in [0.1, 0.15) is 0 Å². The van der Waals surface area contributed by atoms with Gasteiger partial charge < -0.3 is 10.0 Å². The Morgan fingerprint density at radius 1 is 1.26 bits per heavy atom. The molecule has 0 aliphatic carbocycles. The van der Waals surface area contributed by atoms with Crippen molar-refractivity contribution in [2.75, 3.05) is 19.6 Å². The van der Waals surface area contributed by atoms with Crippen LogP contribution >= 0.6 is 0 Å². The van der Waals surface area contributed by atoms with Crippen molar-refractivity contribution in [2.24, 2.45) is 5.92 Å². The average Bonchev–Trinajstić information content (AvgIpc) is 2.91. The van der Waals surface area contributed by atoms with E-state index < -0.39 is 0 Å². The van der Waals surface area contributed by atoms with Crippen molar-refractivity contribution in [2.45, 2.75) is 39.3 Å². The second kappa shape index (κ2) is 7.23. The molecule has 1 unspecified atom stereocenters. The highest BCUT2D eigenvalue weighted by atomic mass is 16.3. The van der Waals surface area contributed by atoms with Crippen LogP contribution in [0.3, 0.4) is 0 Å². The third kappa shape index (κ3) is 3.98. The van der Waals surface area contributed by atoms with Crippen molar-refractivity contribution in [3.8, 4) is 0 Å². The molecule has 2 aromatic heterocycles. The van der Waals surface area contributed by atoms with Gasteiger partial charge in [0.15, 0.2) is 0 Å². The van der Waals surface area contributed by atoms with Crippen LogP contribution in [0, 0.1) is 19.8 Å². The number of aryl methyl sites for hydroxylation is 2. The van der Waals surface area contributed by atoms with Gasteiger partial charge in [0, 0.05) is 24.6 Å². The topological polar surface area (TPSA) is 54.2 Å². The van der Waals surface area contributed by atoms with Gasteiger partial charge in [0.05, 0.1) is 18.3 Å². The van der Waals surface area contributed by atoms with Crippen LogP contribution in [-0.4, -0.2) is 44.4 Å². The van der Waals surface area contributed by atoms with E-state index in [4.69, 9.17) is 0 Å². The van der Waals surface area contributed by atoms with Gasteiger partial charge in [-0.3, -0.25) is 9.67 Å². The van der Waals surface area contributed by atoms with Gasteiger partial charge in [-0.05, 0) is 63.4 Å². The summed E-state index contributed by atoms with van der Waals surface area (Å²) >= 11 is 0. The average molecular weight is 314 g/mol. The summed E-state index contributed by atoms with van der Waals surface area (Å²) in [5.41, 5.74) is 3.25. The molecule has 0 saturated carbocycles. The number of aromatic nitrogens is 3. The number of rotatable bonds is 5. The zero-order chi connectivity index (χ0) is 16.2. The molecule has 1 saturated heterocycles. The van der Waals surface area contributed by atoms with Crippen molar-refractivity contribution in [3.63, 3.8) is 0 Å². The molecule has 1 aliphatic heterocycles. The van der Waals surface area contributed by atoms with Gasteiger partial charge in [0.2, 0.25) is 0 Å². The Morgan fingerprint density at radius 3 is 2.65 bits per heavy atom. The van der Waals surface area contributed by atoms with E-state index in [1.165, 1.54) is 5.69 Å². The first kappa shape index (κ1) is 16.1. The standard InChI is InChI=1S/C18H26N4O/c1-14-12-15(2)22(20-14)11-10-21-8-5-16(6-9-21)18(23)17-4-3-7-19-13-17/h3-4,7,12-13,16,18,23H,5-6,8-11H2,1-2H3. The molecule has 1 fully saturated rings. The van der Waals surface area contributed by atoms with Crippen LogP contribution in [0.25, 0.3) is 0 Å². The van der Waals surface area contributed by atoms with Crippen LogP contribution in [0.2, 0.25) is 0 Å². The molecule has 3 rings (SSSR count). The Kier molecular flexibility index (Phi) is 5.08. The first-order chi connectivity index (χ1) is 11.1. The van der Waals surface area contributed by atoms with Gasteiger partial charge in [0.25, 0.3) is 0 Å². The Morgan fingerprint density at radius 2 is 2.04 bits per heavy atom. The highest BCUT2D eigenvalue weighted by Gasteiger charge is 2.26. The van der Waals surface area contributed by atoms with Crippen molar-refractivity contribution >= 4 is 0 Å². The van der Waals surface area contributed by atoms with Gasteiger partial charge in [-0.25, -0.2) is 0 Å². The van der Waals surface area contributed by atoms with E-state index in [0.717, 1.165) is 50.3 Å². The SMILES string of the molecule is Cc1cc(C)n(CCN2CCC(C(O)c3cccnc3)CC2)n1. The van der Waals surface area contributed by atoms with Crippen LogP contribution in [0.4, 0.5) is 0 Å². The molecule has 1 aliphatic rings. The largest absolute Gasteiger partial charge is 0.388 e. The third-order valence-corrected chi connectivity index (χ3v) is 4.84. The van der Waals surface area contributed by atoms with Crippen molar-refractivity contribution < 1.29 is 5.11 Å². The minimum absolute atomic E-state index is 0.337. The van der Waals surface area contributed by atoms with Crippen molar-refractivity contribution in [3.05, 3.63) is 47.5 Å². The highest BCUT2D eigenvalue weighted by Crippen LogP contribution is 2.30. The fourth-order valence-electron chi connectivity index (χ4n) is 3.45. The maximum atomic E-state index is 10.5. The molecule has 1 atom stereocenters. The maximum absolute atomic E-state index is 10.5. The fraction of sp³-hybridized carbons (Fsp3) is 0.556. The number of aliphatic hydroxyl groups is 1. The molecule has 0 spiro atoms. The fourth-order valence-corrected chi connectivity index (χ4v) is 3.45. The Hall–Kier alpha value is -1.72. The predicted octanol–water partition coefficient (Wildman–Crippen LogP) is 2.34. The number of pyridine rings is 1. The zero-order valence-electron chi connectivity index (χ0n) is 14.0. The number of piperidine rings is 1. The molecule has 23 heavy (non-hydrogen) atoms. The summed E-state index contributed by atoms with van der Waals surface area (Å²) < 4.78 is 2.09. The van der Waals surface area contributed by atoms with Crippen LogP contribution in [0.1, 0.15) is 35.9 Å². The second-order valence-corrected chi connectivity index (χ2v) is 6.56. The number of hydrogen-bond acceptors (Lipinski definition) is 4. The van der Waals surface area contributed by atoms with Gasteiger partial charge in [-0.1, -0.05) is 6.07 Å². The minimum atomic E-state index is -0.387. The Labute approximate surface area is 138 Å². The minimum Gasteiger partial charge on any atom is -0.388 e. The van der Waals surface area contributed by atoms with Crippen LogP contribution in [0.5, 0.6) is 0 Å². The molecule has 0 bridgehead atoms. The predicted molar refractivity (Wildman–Crippen MR) is 90.1 cm³/mol. The van der Waals surface area contributed by atoms with E-state index in [1.807, 2.05) is 19.1 Å². The molecule has 5 nitrogen and oxygen atoms in total. The lowest BCUT2D eigenvalue weighted by molar-refractivity contribution is 0.0574. The normalized spacial score (nSPS) is 18.2.